The number of phenols is 1. The Morgan fingerprint density at radius 3 is 2.45 bits per heavy atom. The molecule has 1 aliphatic rings. The molecule has 7 nitrogen and oxygen atoms in total. The van der Waals surface area contributed by atoms with Crippen LogP contribution in [0.2, 0.25) is 10.0 Å². The van der Waals surface area contributed by atoms with Crippen LogP contribution in [0, 0.1) is 5.92 Å². The second-order valence-corrected chi connectivity index (χ2v) is 9.70. The van der Waals surface area contributed by atoms with E-state index in [0.717, 1.165) is 32.2 Å². The van der Waals surface area contributed by atoms with Gasteiger partial charge in [0.1, 0.15) is 5.52 Å². The molecule has 0 spiro atoms. The first-order valence-corrected chi connectivity index (χ1v) is 11.7. The topological polar surface area (TPSA) is 104 Å². The normalized spacial score (nSPS) is 18.6. The maximum absolute atomic E-state index is 12.2. The highest BCUT2D eigenvalue weighted by atomic mass is 35.5. The molecule has 1 amide bonds. The third-order valence-electron chi connectivity index (χ3n) is 6.11. The van der Waals surface area contributed by atoms with Crippen LogP contribution in [-0.2, 0) is 0 Å². The SMILES string of the molecule is CN(C)CC1CCC(Nc2c(C(N)=O)cnc3ccc(-c4cc(Cl)c(O)c(Cl)c4)nc23)CC1. The molecule has 0 aliphatic heterocycles. The molecule has 2 heterocycles. The lowest BCUT2D eigenvalue weighted by Crippen LogP contribution is -2.31. The second kappa shape index (κ2) is 9.71. The van der Waals surface area contributed by atoms with Crippen LogP contribution in [0.1, 0.15) is 36.0 Å². The molecule has 0 saturated heterocycles. The minimum atomic E-state index is -0.559. The number of hydrogen-bond donors (Lipinski definition) is 3. The van der Waals surface area contributed by atoms with Crippen molar-refractivity contribution < 1.29 is 9.90 Å². The number of amides is 1. The van der Waals surface area contributed by atoms with Gasteiger partial charge in [-0.25, -0.2) is 4.98 Å². The number of fused-ring (bicyclic) bond motifs is 1. The molecule has 2 aromatic heterocycles. The van der Waals surface area contributed by atoms with Crippen molar-refractivity contribution in [2.24, 2.45) is 11.7 Å². The molecule has 4 N–H and O–H groups in total. The number of hydrogen-bond acceptors (Lipinski definition) is 6. The highest BCUT2D eigenvalue weighted by molar-refractivity contribution is 6.37. The van der Waals surface area contributed by atoms with Crippen LogP contribution in [0.25, 0.3) is 22.3 Å². The number of nitrogens with one attached hydrogen (secondary N) is 1. The Hall–Kier alpha value is -2.61. The van der Waals surface area contributed by atoms with Gasteiger partial charge in [0.05, 0.1) is 32.5 Å². The summed E-state index contributed by atoms with van der Waals surface area (Å²) in [5.74, 6) is -0.0551. The number of primary amides is 1. The summed E-state index contributed by atoms with van der Waals surface area (Å²) in [4.78, 5) is 23.6. The first-order valence-electron chi connectivity index (χ1n) is 10.9. The number of aromatic nitrogens is 2. The molecule has 0 radical (unpaired) electrons. The number of carbonyl (C=O) groups excluding carboxylic acids is 1. The zero-order valence-electron chi connectivity index (χ0n) is 18.6. The summed E-state index contributed by atoms with van der Waals surface area (Å²) in [6.07, 6.45) is 5.75. The molecule has 1 aliphatic carbocycles. The number of anilines is 1. The highest BCUT2D eigenvalue weighted by Gasteiger charge is 2.24. The summed E-state index contributed by atoms with van der Waals surface area (Å²) in [6, 6.07) is 7.04. The van der Waals surface area contributed by atoms with Crippen LogP contribution < -0.4 is 11.1 Å². The van der Waals surface area contributed by atoms with E-state index in [-0.39, 0.29) is 21.8 Å². The van der Waals surface area contributed by atoms with Crippen molar-refractivity contribution in [3.05, 3.63) is 46.1 Å². The summed E-state index contributed by atoms with van der Waals surface area (Å²) in [5.41, 5.74) is 9.02. The molecule has 1 fully saturated rings. The first kappa shape index (κ1) is 23.5. The van der Waals surface area contributed by atoms with Crippen LogP contribution in [0.4, 0.5) is 5.69 Å². The lowest BCUT2D eigenvalue weighted by molar-refractivity contribution is 0.100. The van der Waals surface area contributed by atoms with Gasteiger partial charge < -0.3 is 21.1 Å². The summed E-state index contributed by atoms with van der Waals surface area (Å²) in [7, 11) is 4.20. The van der Waals surface area contributed by atoms with Crippen LogP contribution >= 0.6 is 23.2 Å². The van der Waals surface area contributed by atoms with Gasteiger partial charge in [0, 0.05) is 24.3 Å². The minimum Gasteiger partial charge on any atom is -0.505 e. The molecule has 33 heavy (non-hydrogen) atoms. The van der Waals surface area contributed by atoms with Gasteiger partial charge in [0.2, 0.25) is 0 Å². The van der Waals surface area contributed by atoms with E-state index in [9.17, 15) is 9.90 Å². The van der Waals surface area contributed by atoms with Crippen LogP contribution in [0.15, 0.2) is 30.5 Å². The van der Waals surface area contributed by atoms with Crippen molar-refractivity contribution in [3.8, 4) is 17.0 Å². The second-order valence-electron chi connectivity index (χ2n) is 8.89. The average molecular weight is 488 g/mol. The van der Waals surface area contributed by atoms with Crippen molar-refractivity contribution in [2.45, 2.75) is 31.7 Å². The highest BCUT2D eigenvalue weighted by Crippen LogP contribution is 2.37. The number of carbonyl (C=O) groups is 1. The Labute approximate surface area is 202 Å². The van der Waals surface area contributed by atoms with Gasteiger partial charge in [0.15, 0.2) is 5.75 Å². The number of benzene rings is 1. The van der Waals surface area contributed by atoms with E-state index in [4.69, 9.17) is 33.9 Å². The molecule has 174 valence electrons. The number of aromatic hydroxyl groups is 1. The molecule has 1 saturated carbocycles. The van der Waals surface area contributed by atoms with Crippen molar-refractivity contribution in [1.82, 2.24) is 14.9 Å². The average Bonchev–Trinajstić information content (AvgIpc) is 2.77. The van der Waals surface area contributed by atoms with Gasteiger partial charge >= 0.3 is 0 Å². The zero-order valence-corrected chi connectivity index (χ0v) is 20.1. The van der Waals surface area contributed by atoms with Crippen molar-refractivity contribution in [3.63, 3.8) is 0 Å². The third-order valence-corrected chi connectivity index (χ3v) is 6.69. The van der Waals surface area contributed by atoms with Crippen LogP contribution in [-0.4, -0.2) is 52.6 Å². The molecular formula is C24H27Cl2N5O2. The fraction of sp³-hybridized carbons (Fsp3) is 0.375. The van der Waals surface area contributed by atoms with Gasteiger partial charge in [-0.3, -0.25) is 9.78 Å². The molecule has 9 heteroatoms. The molecule has 0 atom stereocenters. The number of nitrogens with zero attached hydrogens (tertiary/aromatic N) is 3. The van der Waals surface area contributed by atoms with Crippen molar-refractivity contribution in [1.29, 1.82) is 0 Å². The number of rotatable bonds is 6. The van der Waals surface area contributed by atoms with E-state index in [1.165, 1.54) is 6.20 Å². The Kier molecular flexibility index (Phi) is 6.93. The van der Waals surface area contributed by atoms with Crippen LogP contribution in [0.5, 0.6) is 5.75 Å². The molecule has 0 unspecified atom stereocenters. The number of nitrogens with two attached hydrogens (primary N) is 1. The van der Waals surface area contributed by atoms with Gasteiger partial charge in [-0.05, 0) is 70.0 Å². The summed E-state index contributed by atoms with van der Waals surface area (Å²) >= 11 is 12.2. The summed E-state index contributed by atoms with van der Waals surface area (Å²) in [6.45, 7) is 1.08. The quantitative estimate of drug-likeness (QED) is 0.454. The molecular weight excluding hydrogens is 461 g/mol. The largest absolute Gasteiger partial charge is 0.505 e. The summed E-state index contributed by atoms with van der Waals surface area (Å²) in [5, 5.41) is 13.7. The molecule has 1 aromatic carbocycles. The molecule has 4 rings (SSSR count). The van der Waals surface area contributed by atoms with E-state index >= 15 is 0 Å². The van der Waals surface area contributed by atoms with E-state index in [0.29, 0.717) is 39.5 Å². The number of halogens is 2. The van der Waals surface area contributed by atoms with Crippen molar-refractivity contribution >= 4 is 45.8 Å². The monoisotopic (exact) mass is 487 g/mol. The van der Waals surface area contributed by atoms with Gasteiger partial charge in [-0.2, -0.15) is 0 Å². The first-order chi connectivity index (χ1) is 15.7. The summed E-state index contributed by atoms with van der Waals surface area (Å²) < 4.78 is 0. The number of pyridine rings is 2. The maximum atomic E-state index is 12.2. The van der Waals surface area contributed by atoms with E-state index in [1.807, 2.05) is 6.07 Å². The standard InChI is InChI=1S/C24H27Cl2N5O2/c1-31(2)12-13-3-5-15(6-4-13)29-21-16(24(27)33)11-28-20-8-7-19(30-22(20)21)14-9-17(25)23(32)18(26)10-14/h7-11,13,15,32H,3-6,12H2,1-2H3,(H2,27,33)(H,28,29). The van der Waals surface area contributed by atoms with Gasteiger partial charge in [-0.1, -0.05) is 23.2 Å². The predicted octanol–water partition coefficient (Wildman–Crippen LogP) is 4.94. The van der Waals surface area contributed by atoms with Crippen LogP contribution in [0.3, 0.4) is 0 Å². The van der Waals surface area contributed by atoms with Gasteiger partial charge in [0.25, 0.3) is 5.91 Å². The maximum Gasteiger partial charge on any atom is 0.252 e. The fourth-order valence-electron chi connectivity index (χ4n) is 4.48. The lowest BCUT2D eigenvalue weighted by atomic mass is 9.85. The third kappa shape index (κ3) is 5.16. The Balaban J connectivity index is 1.71. The fourth-order valence-corrected chi connectivity index (χ4v) is 4.97. The van der Waals surface area contributed by atoms with Gasteiger partial charge in [-0.15, -0.1) is 0 Å². The lowest BCUT2D eigenvalue weighted by Gasteiger charge is -2.31. The predicted molar refractivity (Wildman–Crippen MR) is 133 cm³/mol. The smallest absolute Gasteiger partial charge is 0.252 e. The van der Waals surface area contributed by atoms with E-state index in [2.05, 4.69) is 29.3 Å². The Morgan fingerprint density at radius 2 is 1.85 bits per heavy atom. The Morgan fingerprint density at radius 1 is 1.18 bits per heavy atom. The number of phenolic OH excluding ortho intramolecular Hbond substituents is 1. The zero-order chi connectivity index (χ0) is 23.7. The van der Waals surface area contributed by atoms with E-state index in [1.54, 1.807) is 18.2 Å². The molecule has 0 bridgehead atoms. The molecule has 3 aromatic rings. The van der Waals surface area contributed by atoms with E-state index < -0.39 is 5.91 Å². The minimum absolute atomic E-state index is 0.135. The van der Waals surface area contributed by atoms with Crippen molar-refractivity contribution in [2.75, 3.05) is 26.0 Å². The Bertz CT molecular complexity index is 1170.